The average Bonchev–Trinajstić information content (AvgIpc) is 2.45. The molecule has 3 amide bonds. The maximum atomic E-state index is 13.2. The minimum atomic E-state index is -0.431. The largest absolute Gasteiger partial charge is 0.492 e. The van der Waals surface area contributed by atoms with Crippen molar-refractivity contribution >= 4 is 17.6 Å². The molecule has 2 rings (SSSR count). The fourth-order valence-corrected chi connectivity index (χ4v) is 2.07. The second-order valence-electron chi connectivity index (χ2n) is 4.71. The number of anilines is 1. The molecule has 1 saturated heterocycles. The molecule has 1 aliphatic heterocycles. The fourth-order valence-electron chi connectivity index (χ4n) is 2.07. The van der Waals surface area contributed by atoms with Crippen molar-refractivity contribution in [2.45, 2.75) is 25.8 Å². The Bertz CT molecular complexity index is 526. The van der Waals surface area contributed by atoms with Crippen LogP contribution in [0.1, 0.15) is 19.8 Å². The van der Waals surface area contributed by atoms with E-state index in [0.29, 0.717) is 31.7 Å². The van der Waals surface area contributed by atoms with E-state index in [4.69, 9.17) is 4.74 Å². The molecular weight excluding hydrogens is 277 g/mol. The lowest BCUT2D eigenvalue weighted by molar-refractivity contribution is -0.122. The van der Waals surface area contributed by atoms with Crippen LogP contribution in [0.3, 0.4) is 0 Å². The van der Waals surface area contributed by atoms with Crippen LogP contribution in [0.25, 0.3) is 0 Å². The van der Waals surface area contributed by atoms with Gasteiger partial charge >= 0.3 is 6.03 Å². The van der Waals surface area contributed by atoms with Gasteiger partial charge in [-0.2, -0.15) is 0 Å². The van der Waals surface area contributed by atoms with E-state index in [1.807, 2.05) is 0 Å². The predicted octanol–water partition coefficient (Wildman–Crippen LogP) is 1.62. The quantitative estimate of drug-likeness (QED) is 0.790. The van der Waals surface area contributed by atoms with Gasteiger partial charge in [-0.05, 0) is 25.5 Å². The number of amides is 3. The Hall–Kier alpha value is -2.31. The first kappa shape index (κ1) is 15.1. The van der Waals surface area contributed by atoms with Crippen LogP contribution in [0.5, 0.6) is 5.75 Å². The number of hydrogen-bond donors (Lipinski definition) is 3. The summed E-state index contributed by atoms with van der Waals surface area (Å²) in [4.78, 5) is 23.0. The molecule has 7 heteroatoms. The van der Waals surface area contributed by atoms with Crippen molar-refractivity contribution in [1.29, 1.82) is 0 Å². The second-order valence-corrected chi connectivity index (χ2v) is 4.71. The minimum absolute atomic E-state index is 0.00868. The standard InChI is InChI=1S/C14H18FN3O3/c1-2-21-12-7-9(15)3-5-11(12)18-14(20)17-10-4-6-13(19)16-8-10/h3,5,7,10H,2,4,6,8H2,1H3,(H,16,19)(H2,17,18,20). The van der Waals surface area contributed by atoms with Crippen molar-refractivity contribution in [3.05, 3.63) is 24.0 Å². The maximum absolute atomic E-state index is 13.2. The number of halogens is 1. The van der Waals surface area contributed by atoms with E-state index >= 15 is 0 Å². The molecule has 0 aromatic heterocycles. The molecule has 1 aromatic carbocycles. The molecule has 0 spiro atoms. The first-order valence-corrected chi connectivity index (χ1v) is 6.85. The van der Waals surface area contributed by atoms with E-state index in [2.05, 4.69) is 16.0 Å². The lowest BCUT2D eigenvalue weighted by Gasteiger charge is -2.23. The van der Waals surface area contributed by atoms with Gasteiger partial charge in [0.2, 0.25) is 5.91 Å². The summed E-state index contributed by atoms with van der Waals surface area (Å²) in [7, 11) is 0. The van der Waals surface area contributed by atoms with Gasteiger partial charge in [-0.3, -0.25) is 4.79 Å². The summed E-state index contributed by atoms with van der Waals surface area (Å²) in [6, 6.07) is 3.39. The minimum Gasteiger partial charge on any atom is -0.492 e. The molecular formula is C14H18FN3O3. The van der Waals surface area contributed by atoms with Crippen molar-refractivity contribution in [3.8, 4) is 5.75 Å². The van der Waals surface area contributed by atoms with Crippen molar-refractivity contribution in [3.63, 3.8) is 0 Å². The van der Waals surface area contributed by atoms with E-state index in [9.17, 15) is 14.0 Å². The van der Waals surface area contributed by atoms with Crippen LogP contribution in [0.15, 0.2) is 18.2 Å². The summed E-state index contributed by atoms with van der Waals surface area (Å²) in [6.45, 7) is 2.56. The molecule has 114 valence electrons. The molecule has 0 radical (unpaired) electrons. The van der Waals surface area contributed by atoms with Crippen molar-refractivity contribution in [1.82, 2.24) is 10.6 Å². The van der Waals surface area contributed by atoms with Crippen LogP contribution in [0, 0.1) is 5.82 Å². The summed E-state index contributed by atoms with van der Waals surface area (Å²) < 4.78 is 18.5. The van der Waals surface area contributed by atoms with Gasteiger partial charge in [0.1, 0.15) is 11.6 Å². The smallest absolute Gasteiger partial charge is 0.319 e. The van der Waals surface area contributed by atoms with Gasteiger partial charge in [0, 0.05) is 25.1 Å². The maximum Gasteiger partial charge on any atom is 0.319 e. The second kappa shape index (κ2) is 6.92. The van der Waals surface area contributed by atoms with Crippen molar-refractivity contribution < 1.29 is 18.7 Å². The lowest BCUT2D eigenvalue weighted by atomic mass is 10.1. The Balaban J connectivity index is 1.94. The molecule has 1 heterocycles. The Kier molecular flexibility index (Phi) is 4.97. The summed E-state index contributed by atoms with van der Waals surface area (Å²) in [5.74, 6) is -0.158. The third-order valence-electron chi connectivity index (χ3n) is 3.09. The number of carbonyl (C=O) groups excluding carboxylic acids is 2. The zero-order valence-corrected chi connectivity index (χ0v) is 11.7. The van der Waals surface area contributed by atoms with Crippen LogP contribution >= 0.6 is 0 Å². The van der Waals surface area contributed by atoms with E-state index in [1.54, 1.807) is 6.92 Å². The Morgan fingerprint density at radius 3 is 3.00 bits per heavy atom. The van der Waals surface area contributed by atoms with Gasteiger partial charge in [0.05, 0.1) is 12.3 Å². The molecule has 1 unspecified atom stereocenters. The summed E-state index contributed by atoms with van der Waals surface area (Å²) in [5.41, 5.74) is 0.399. The van der Waals surface area contributed by atoms with Crippen LogP contribution in [-0.4, -0.2) is 31.1 Å². The van der Waals surface area contributed by atoms with E-state index < -0.39 is 11.8 Å². The summed E-state index contributed by atoms with van der Waals surface area (Å²) >= 11 is 0. The number of urea groups is 1. The average molecular weight is 295 g/mol. The van der Waals surface area contributed by atoms with Crippen molar-refractivity contribution in [2.24, 2.45) is 0 Å². The molecule has 0 aliphatic carbocycles. The highest BCUT2D eigenvalue weighted by Gasteiger charge is 2.20. The Morgan fingerprint density at radius 2 is 2.33 bits per heavy atom. The fraction of sp³-hybridized carbons (Fsp3) is 0.429. The number of hydrogen-bond acceptors (Lipinski definition) is 3. The third-order valence-corrected chi connectivity index (χ3v) is 3.09. The third kappa shape index (κ3) is 4.34. The van der Waals surface area contributed by atoms with Crippen LogP contribution in [0.4, 0.5) is 14.9 Å². The van der Waals surface area contributed by atoms with E-state index in [-0.39, 0.29) is 17.7 Å². The number of benzene rings is 1. The monoisotopic (exact) mass is 295 g/mol. The SMILES string of the molecule is CCOc1cc(F)ccc1NC(=O)NC1CCC(=O)NC1. The van der Waals surface area contributed by atoms with Gasteiger partial charge in [0.25, 0.3) is 0 Å². The summed E-state index contributed by atoms with van der Waals surface area (Å²) in [5, 5.41) is 8.07. The van der Waals surface area contributed by atoms with Gasteiger partial charge < -0.3 is 20.7 Å². The molecule has 1 atom stereocenters. The number of rotatable bonds is 4. The Labute approximate surface area is 122 Å². The zero-order valence-electron chi connectivity index (χ0n) is 11.7. The van der Waals surface area contributed by atoms with Gasteiger partial charge in [-0.1, -0.05) is 0 Å². The number of piperidine rings is 1. The molecule has 1 aromatic rings. The molecule has 1 fully saturated rings. The lowest BCUT2D eigenvalue weighted by Crippen LogP contribution is -2.48. The first-order valence-electron chi connectivity index (χ1n) is 6.85. The molecule has 6 nitrogen and oxygen atoms in total. The molecule has 0 saturated carbocycles. The van der Waals surface area contributed by atoms with E-state index in [0.717, 1.165) is 0 Å². The topological polar surface area (TPSA) is 79.5 Å². The first-order chi connectivity index (χ1) is 10.1. The van der Waals surface area contributed by atoms with Crippen LogP contribution in [0.2, 0.25) is 0 Å². The van der Waals surface area contributed by atoms with Crippen molar-refractivity contribution in [2.75, 3.05) is 18.5 Å². The summed E-state index contributed by atoms with van der Waals surface area (Å²) in [6.07, 6.45) is 0.993. The number of ether oxygens (including phenoxy) is 1. The highest BCUT2D eigenvalue weighted by Crippen LogP contribution is 2.25. The molecule has 3 N–H and O–H groups in total. The molecule has 0 bridgehead atoms. The molecule has 1 aliphatic rings. The Morgan fingerprint density at radius 1 is 1.52 bits per heavy atom. The van der Waals surface area contributed by atoms with Gasteiger partial charge in [0.15, 0.2) is 0 Å². The number of carbonyl (C=O) groups is 2. The highest BCUT2D eigenvalue weighted by molar-refractivity contribution is 5.91. The predicted molar refractivity (Wildman–Crippen MR) is 75.8 cm³/mol. The van der Waals surface area contributed by atoms with Gasteiger partial charge in [-0.15, -0.1) is 0 Å². The van der Waals surface area contributed by atoms with Gasteiger partial charge in [-0.25, -0.2) is 9.18 Å². The normalized spacial score (nSPS) is 17.8. The van der Waals surface area contributed by atoms with Crippen LogP contribution < -0.4 is 20.7 Å². The number of nitrogens with one attached hydrogen (secondary N) is 3. The zero-order chi connectivity index (χ0) is 15.2. The highest BCUT2D eigenvalue weighted by atomic mass is 19.1. The molecule has 21 heavy (non-hydrogen) atoms. The van der Waals surface area contributed by atoms with E-state index in [1.165, 1.54) is 18.2 Å². The van der Waals surface area contributed by atoms with Crippen LogP contribution in [-0.2, 0) is 4.79 Å².